The first-order chi connectivity index (χ1) is 8.24. The molecule has 1 N–H and O–H groups in total. The second-order valence-corrected chi connectivity index (χ2v) is 5.62. The largest absolute Gasteiger partial charge is 0.393 e. The maximum Gasteiger partial charge on any atom is 0.0605 e. The van der Waals surface area contributed by atoms with E-state index in [0.29, 0.717) is 6.42 Å². The number of aliphatic hydroxyl groups is 1. The Morgan fingerprint density at radius 2 is 2.06 bits per heavy atom. The molecule has 2 rings (SSSR count). The van der Waals surface area contributed by atoms with Crippen molar-refractivity contribution in [2.45, 2.75) is 44.3 Å². The predicted molar refractivity (Wildman–Crippen MR) is 72.1 cm³/mol. The van der Waals surface area contributed by atoms with Gasteiger partial charge in [0.05, 0.1) is 12.2 Å². The van der Waals surface area contributed by atoms with Gasteiger partial charge in [0, 0.05) is 11.1 Å². The number of rotatable bonds is 4. The molecule has 1 fully saturated rings. The van der Waals surface area contributed by atoms with Gasteiger partial charge in [-0.2, -0.15) is 0 Å². The van der Waals surface area contributed by atoms with Gasteiger partial charge in [0.2, 0.25) is 0 Å². The van der Waals surface area contributed by atoms with Crippen molar-refractivity contribution in [3.05, 3.63) is 34.3 Å². The second-order valence-electron chi connectivity index (χ2n) is 4.71. The first-order valence-electron chi connectivity index (χ1n) is 6.28. The first kappa shape index (κ1) is 13.1. The van der Waals surface area contributed by atoms with Gasteiger partial charge < -0.3 is 9.84 Å². The molecule has 1 aromatic rings. The number of halogens is 1. The third-order valence-corrected chi connectivity index (χ3v) is 3.72. The van der Waals surface area contributed by atoms with Crippen LogP contribution in [0.3, 0.4) is 0 Å². The van der Waals surface area contributed by atoms with Gasteiger partial charge in [0.25, 0.3) is 0 Å². The van der Waals surface area contributed by atoms with E-state index < -0.39 is 0 Å². The van der Waals surface area contributed by atoms with Gasteiger partial charge in [-0.15, -0.1) is 0 Å². The van der Waals surface area contributed by atoms with Crippen molar-refractivity contribution in [2.75, 3.05) is 6.61 Å². The van der Waals surface area contributed by atoms with Gasteiger partial charge in [0.1, 0.15) is 0 Å². The van der Waals surface area contributed by atoms with Crippen LogP contribution < -0.4 is 0 Å². The fourth-order valence-electron chi connectivity index (χ4n) is 2.27. The smallest absolute Gasteiger partial charge is 0.0605 e. The van der Waals surface area contributed by atoms with E-state index in [1.54, 1.807) is 0 Å². The summed E-state index contributed by atoms with van der Waals surface area (Å²) >= 11 is 3.41. The lowest BCUT2D eigenvalue weighted by Crippen LogP contribution is -2.25. The van der Waals surface area contributed by atoms with Crippen molar-refractivity contribution in [3.8, 4) is 0 Å². The van der Waals surface area contributed by atoms with Crippen LogP contribution in [0, 0.1) is 0 Å². The predicted octanol–water partition coefficient (Wildman–Crippen LogP) is 3.31. The first-order valence-corrected chi connectivity index (χ1v) is 7.07. The molecule has 0 amide bonds. The third kappa shape index (κ3) is 4.41. The molecule has 0 saturated carbocycles. The van der Waals surface area contributed by atoms with Gasteiger partial charge >= 0.3 is 0 Å². The number of ether oxygens (including phenoxy) is 1. The van der Waals surface area contributed by atoms with Crippen molar-refractivity contribution in [1.82, 2.24) is 0 Å². The molecule has 94 valence electrons. The zero-order valence-electron chi connectivity index (χ0n) is 9.94. The molecule has 1 heterocycles. The van der Waals surface area contributed by atoms with Crippen LogP contribution in [0.2, 0.25) is 0 Å². The highest BCUT2D eigenvalue weighted by Gasteiger charge is 2.18. The molecule has 1 aliphatic heterocycles. The Labute approximate surface area is 111 Å². The summed E-state index contributed by atoms with van der Waals surface area (Å²) in [6.45, 7) is 0.857. The molecule has 2 unspecified atom stereocenters. The maximum absolute atomic E-state index is 10.0. The standard InChI is InChI=1S/C14H19BrO2/c15-12-6-4-11(5-7-12)9-13(16)10-14-3-1-2-8-17-14/h4-7,13-14,16H,1-3,8-10H2. The normalized spacial score (nSPS) is 22.4. The second kappa shape index (κ2) is 6.53. The van der Waals surface area contributed by atoms with E-state index in [9.17, 15) is 5.11 Å². The minimum absolute atomic E-state index is 0.259. The molecule has 1 aliphatic rings. The summed E-state index contributed by atoms with van der Waals surface area (Å²) in [5.41, 5.74) is 1.18. The van der Waals surface area contributed by atoms with Crippen molar-refractivity contribution in [3.63, 3.8) is 0 Å². The zero-order valence-corrected chi connectivity index (χ0v) is 11.5. The molecule has 0 bridgehead atoms. The zero-order chi connectivity index (χ0) is 12.1. The lowest BCUT2D eigenvalue weighted by molar-refractivity contribution is -0.0147. The van der Waals surface area contributed by atoms with Crippen LogP contribution in [0.25, 0.3) is 0 Å². The molecular formula is C14H19BrO2. The van der Waals surface area contributed by atoms with Crippen molar-refractivity contribution < 1.29 is 9.84 Å². The summed E-state index contributed by atoms with van der Waals surface area (Å²) < 4.78 is 6.71. The molecule has 0 radical (unpaired) electrons. The monoisotopic (exact) mass is 298 g/mol. The Kier molecular flexibility index (Phi) is 5.01. The molecule has 0 aromatic heterocycles. The number of benzene rings is 1. The van der Waals surface area contributed by atoms with Crippen molar-refractivity contribution in [1.29, 1.82) is 0 Å². The molecule has 17 heavy (non-hydrogen) atoms. The molecular weight excluding hydrogens is 280 g/mol. The number of hydrogen-bond acceptors (Lipinski definition) is 2. The minimum Gasteiger partial charge on any atom is -0.393 e. The quantitative estimate of drug-likeness (QED) is 0.924. The molecule has 2 atom stereocenters. The van der Waals surface area contributed by atoms with Crippen LogP contribution in [0.4, 0.5) is 0 Å². The minimum atomic E-state index is -0.292. The molecule has 1 saturated heterocycles. The molecule has 1 aromatic carbocycles. The summed E-state index contributed by atoms with van der Waals surface area (Å²) in [5.74, 6) is 0. The maximum atomic E-state index is 10.0. The Balaban J connectivity index is 1.79. The van der Waals surface area contributed by atoms with Crippen LogP contribution >= 0.6 is 15.9 Å². The van der Waals surface area contributed by atoms with Gasteiger partial charge in [-0.05, 0) is 49.8 Å². The topological polar surface area (TPSA) is 29.5 Å². The fourth-order valence-corrected chi connectivity index (χ4v) is 2.54. The van der Waals surface area contributed by atoms with Crippen LogP contribution in [0.15, 0.2) is 28.7 Å². The van der Waals surface area contributed by atoms with Crippen molar-refractivity contribution >= 4 is 15.9 Å². The van der Waals surface area contributed by atoms with Gasteiger partial charge in [0.15, 0.2) is 0 Å². The van der Waals surface area contributed by atoms with Crippen molar-refractivity contribution in [2.24, 2.45) is 0 Å². The summed E-state index contributed by atoms with van der Waals surface area (Å²) in [6, 6.07) is 8.13. The fraction of sp³-hybridized carbons (Fsp3) is 0.571. The van der Waals surface area contributed by atoms with Crippen LogP contribution in [0.1, 0.15) is 31.2 Å². The summed E-state index contributed by atoms with van der Waals surface area (Å²) in [5, 5.41) is 10.0. The van der Waals surface area contributed by atoms with Gasteiger partial charge in [-0.3, -0.25) is 0 Å². The van der Waals surface area contributed by atoms with Gasteiger partial charge in [-0.1, -0.05) is 28.1 Å². The highest BCUT2D eigenvalue weighted by Crippen LogP contribution is 2.19. The molecule has 3 heteroatoms. The van der Waals surface area contributed by atoms with E-state index in [1.165, 1.54) is 18.4 Å². The van der Waals surface area contributed by atoms with E-state index in [1.807, 2.05) is 12.1 Å². The average Bonchev–Trinajstić information content (AvgIpc) is 2.33. The lowest BCUT2D eigenvalue weighted by Gasteiger charge is -2.24. The highest BCUT2D eigenvalue weighted by atomic mass is 79.9. The van der Waals surface area contributed by atoms with Crippen LogP contribution in [-0.2, 0) is 11.2 Å². The van der Waals surface area contributed by atoms with Crippen LogP contribution in [-0.4, -0.2) is 23.9 Å². The van der Waals surface area contributed by atoms with E-state index >= 15 is 0 Å². The van der Waals surface area contributed by atoms with E-state index in [4.69, 9.17) is 4.74 Å². The van der Waals surface area contributed by atoms with Gasteiger partial charge in [-0.25, -0.2) is 0 Å². The molecule has 0 spiro atoms. The third-order valence-electron chi connectivity index (χ3n) is 3.19. The Hall–Kier alpha value is -0.380. The molecule has 0 aliphatic carbocycles. The summed E-state index contributed by atoms with van der Waals surface area (Å²) in [4.78, 5) is 0. The lowest BCUT2D eigenvalue weighted by atomic mass is 9.99. The number of aliphatic hydroxyl groups excluding tert-OH is 1. The van der Waals surface area contributed by atoms with E-state index in [0.717, 1.165) is 23.9 Å². The van der Waals surface area contributed by atoms with Crippen LogP contribution in [0.5, 0.6) is 0 Å². The summed E-state index contributed by atoms with van der Waals surface area (Å²) in [6.07, 6.45) is 4.93. The summed E-state index contributed by atoms with van der Waals surface area (Å²) in [7, 11) is 0. The Morgan fingerprint density at radius 1 is 1.29 bits per heavy atom. The van der Waals surface area contributed by atoms with E-state index in [-0.39, 0.29) is 12.2 Å². The number of hydrogen-bond donors (Lipinski definition) is 1. The average molecular weight is 299 g/mol. The Morgan fingerprint density at radius 3 is 2.71 bits per heavy atom. The molecule has 2 nitrogen and oxygen atoms in total. The SMILES string of the molecule is OC(Cc1ccc(Br)cc1)CC1CCCCO1. The van der Waals surface area contributed by atoms with E-state index in [2.05, 4.69) is 28.1 Å². The highest BCUT2D eigenvalue weighted by molar-refractivity contribution is 9.10. The Bertz CT molecular complexity index is 331.